The van der Waals surface area contributed by atoms with E-state index < -0.39 is 0 Å². The van der Waals surface area contributed by atoms with Gasteiger partial charge in [0.05, 0.1) is 10.7 Å². The van der Waals surface area contributed by atoms with Gasteiger partial charge in [-0.2, -0.15) is 0 Å². The lowest BCUT2D eigenvalue weighted by Gasteiger charge is -2.38. The minimum atomic E-state index is 0.607. The van der Waals surface area contributed by atoms with Crippen LogP contribution in [0.1, 0.15) is 18.4 Å². The number of halogens is 1. The van der Waals surface area contributed by atoms with Crippen molar-refractivity contribution in [3.63, 3.8) is 0 Å². The molecule has 3 rings (SSSR count). The van der Waals surface area contributed by atoms with Crippen LogP contribution in [0.4, 0.5) is 5.69 Å². The summed E-state index contributed by atoms with van der Waals surface area (Å²) < 4.78 is 0. The molecular weight excluding hydrogens is 336 g/mol. The third-order valence-electron chi connectivity index (χ3n) is 4.65. The number of thioether (sulfide) groups is 1. The minimum Gasteiger partial charge on any atom is -0.369 e. The van der Waals surface area contributed by atoms with E-state index in [0.717, 1.165) is 23.9 Å². The predicted octanol–water partition coefficient (Wildman–Crippen LogP) is 5.16. The van der Waals surface area contributed by atoms with Gasteiger partial charge in [-0.05, 0) is 44.6 Å². The van der Waals surface area contributed by atoms with Crippen LogP contribution >= 0.6 is 23.4 Å². The Hall–Kier alpha value is -1.16. The molecule has 1 atom stereocenters. The molecule has 128 valence electrons. The highest BCUT2D eigenvalue weighted by molar-refractivity contribution is 7.98. The zero-order valence-electron chi connectivity index (χ0n) is 14.4. The molecule has 0 N–H and O–H groups in total. The second-order valence-electron chi connectivity index (χ2n) is 6.57. The first kappa shape index (κ1) is 17.7. The molecule has 1 heterocycles. The molecule has 0 aromatic heterocycles. The summed E-state index contributed by atoms with van der Waals surface area (Å²) in [5.74, 6) is 0.949. The maximum atomic E-state index is 6.76. The SMILES string of the molecule is CN(C)[C@H]1CCCN(c2cccc(SCc3ccccc3)c2Cl)C1. The van der Waals surface area contributed by atoms with Crippen molar-refractivity contribution in [1.82, 2.24) is 4.90 Å². The fraction of sp³-hybridized carbons (Fsp3) is 0.400. The lowest BCUT2D eigenvalue weighted by Crippen LogP contribution is -2.45. The molecule has 24 heavy (non-hydrogen) atoms. The molecule has 1 saturated heterocycles. The molecule has 4 heteroatoms. The lowest BCUT2D eigenvalue weighted by molar-refractivity contribution is 0.258. The van der Waals surface area contributed by atoms with Gasteiger partial charge in [0.15, 0.2) is 0 Å². The summed E-state index contributed by atoms with van der Waals surface area (Å²) >= 11 is 8.58. The first-order valence-corrected chi connectivity index (χ1v) is 9.88. The van der Waals surface area contributed by atoms with Crippen molar-refractivity contribution in [2.45, 2.75) is 29.5 Å². The molecular formula is C20H25ClN2S. The lowest BCUT2D eigenvalue weighted by atomic mass is 10.0. The van der Waals surface area contributed by atoms with Crippen LogP contribution in [0.15, 0.2) is 53.4 Å². The Bertz CT molecular complexity index is 660. The summed E-state index contributed by atoms with van der Waals surface area (Å²) in [7, 11) is 4.34. The highest BCUT2D eigenvalue weighted by atomic mass is 35.5. The van der Waals surface area contributed by atoms with E-state index in [0.29, 0.717) is 6.04 Å². The van der Waals surface area contributed by atoms with Gasteiger partial charge in [-0.15, -0.1) is 11.8 Å². The van der Waals surface area contributed by atoms with E-state index in [1.165, 1.54) is 29.0 Å². The van der Waals surface area contributed by atoms with Gasteiger partial charge >= 0.3 is 0 Å². The van der Waals surface area contributed by atoms with Crippen molar-refractivity contribution in [1.29, 1.82) is 0 Å². The van der Waals surface area contributed by atoms with Gasteiger partial charge in [0.1, 0.15) is 0 Å². The normalized spacial score (nSPS) is 18.2. The Balaban J connectivity index is 1.73. The van der Waals surface area contributed by atoms with Crippen LogP contribution in [-0.4, -0.2) is 38.1 Å². The summed E-state index contributed by atoms with van der Waals surface area (Å²) in [5, 5.41) is 0.901. The van der Waals surface area contributed by atoms with Crippen LogP contribution in [-0.2, 0) is 5.75 Å². The fourth-order valence-corrected chi connectivity index (χ4v) is 4.52. The van der Waals surface area contributed by atoms with Crippen LogP contribution < -0.4 is 4.90 Å². The summed E-state index contributed by atoms with van der Waals surface area (Å²) in [5.41, 5.74) is 2.51. The molecule has 0 radical (unpaired) electrons. The number of nitrogens with zero attached hydrogens (tertiary/aromatic N) is 2. The van der Waals surface area contributed by atoms with Crippen molar-refractivity contribution in [2.24, 2.45) is 0 Å². The number of likely N-dealkylation sites (N-methyl/N-ethyl adjacent to an activating group) is 1. The number of rotatable bonds is 5. The molecule has 1 aliphatic rings. The van der Waals surface area contributed by atoms with Crippen molar-refractivity contribution < 1.29 is 0 Å². The average molecular weight is 361 g/mol. The van der Waals surface area contributed by atoms with E-state index in [2.05, 4.69) is 72.4 Å². The summed E-state index contributed by atoms with van der Waals surface area (Å²) in [4.78, 5) is 5.95. The van der Waals surface area contributed by atoms with Crippen molar-refractivity contribution in [3.05, 3.63) is 59.1 Å². The van der Waals surface area contributed by atoms with E-state index in [1.54, 1.807) is 0 Å². The molecule has 0 saturated carbocycles. The van der Waals surface area contributed by atoms with Crippen molar-refractivity contribution >= 4 is 29.1 Å². The molecule has 0 bridgehead atoms. The van der Waals surface area contributed by atoms with Crippen LogP contribution in [0.2, 0.25) is 5.02 Å². The Morgan fingerprint density at radius 3 is 2.67 bits per heavy atom. The molecule has 2 aromatic rings. The molecule has 0 amide bonds. The van der Waals surface area contributed by atoms with E-state index in [1.807, 2.05) is 11.8 Å². The highest BCUT2D eigenvalue weighted by Crippen LogP contribution is 2.37. The summed E-state index contributed by atoms with van der Waals surface area (Å²) in [6.07, 6.45) is 2.49. The highest BCUT2D eigenvalue weighted by Gasteiger charge is 2.23. The number of anilines is 1. The van der Waals surface area contributed by atoms with Crippen LogP contribution in [0.3, 0.4) is 0 Å². The smallest absolute Gasteiger partial charge is 0.0775 e. The molecule has 2 aromatic carbocycles. The Morgan fingerprint density at radius 1 is 1.12 bits per heavy atom. The van der Waals surface area contributed by atoms with Gasteiger partial charge < -0.3 is 9.80 Å². The Morgan fingerprint density at radius 2 is 1.92 bits per heavy atom. The zero-order valence-corrected chi connectivity index (χ0v) is 16.0. The average Bonchev–Trinajstić information content (AvgIpc) is 2.62. The van der Waals surface area contributed by atoms with Gasteiger partial charge in [-0.3, -0.25) is 0 Å². The molecule has 0 aliphatic carbocycles. The van der Waals surface area contributed by atoms with E-state index in [9.17, 15) is 0 Å². The molecule has 1 aliphatic heterocycles. The third kappa shape index (κ3) is 4.27. The topological polar surface area (TPSA) is 6.48 Å². The number of hydrogen-bond acceptors (Lipinski definition) is 3. The molecule has 1 fully saturated rings. The number of benzene rings is 2. The molecule has 0 unspecified atom stereocenters. The maximum Gasteiger partial charge on any atom is 0.0775 e. The molecule has 0 spiro atoms. The standard InChI is InChI=1S/C20H25ClN2S/c1-22(2)17-10-7-13-23(14-17)18-11-6-12-19(20(18)21)24-15-16-8-4-3-5-9-16/h3-6,8-9,11-12,17H,7,10,13-15H2,1-2H3/t17-/m0/s1. The summed E-state index contributed by atoms with van der Waals surface area (Å²) in [6.45, 7) is 2.15. The van der Waals surface area contributed by atoms with E-state index >= 15 is 0 Å². The van der Waals surface area contributed by atoms with E-state index in [-0.39, 0.29) is 0 Å². The second kappa shape index (κ2) is 8.28. The minimum absolute atomic E-state index is 0.607. The van der Waals surface area contributed by atoms with Crippen molar-refractivity contribution in [2.75, 3.05) is 32.1 Å². The van der Waals surface area contributed by atoms with Gasteiger partial charge in [0.25, 0.3) is 0 Å². The Labute approximate surface area is 154 Å². The monoisotopic (exact) mass is 360 g/mol. The Kier molecular flexibility index (Phi) is 6.09. The second-order valence-corrected chi connectivity index (χ2v) is 7.96. The maximum absolute atomic E-state index is 6.76. The molecule has 2 nitrogen and oxygen atoms in total. The van der Waals surface area contributed by atoms with E-state index in [4.69, 9.17) is 11.6 Å². The van der Waals surface area contributed by atoms with Crippen LogP contribution in [0, 0.1) is 0 Å². The number of piperidine rings is 1. The first-order chi connectivity index (χ1) is 11.6. The predicted molar refractivity (Wildman–Crippen MR) is 106 cm³/mol. The van der Waals surface area contributed by atoms with Crippen LogP contribution in [0.25, 0.3) is 0 Å². The van der Waals surface area contributed by atoms with Gasteiger partial charge in [0, 0.05) is 29.8 Å². The first-order valence-electron chi connectivity index (χ1n) is 8.52. The summed E-state index contributed by atoms with van der Waals surface area (Å²) in [6, 6.07) is 17.6. The number of hydrogen-bond donors (Lipinski definition) is 0. The zero-order chi connectivity index (χ0) is 16.9. The largest absolute Gasteiger partial charge is 0.369 e. The van der Waals surface area contributed by atoms with Crippen molar-refractivity contribution in [3.8, 4) is 0 Å². The van der Waals surface area contributed by atoms with Crippen LogP contribution in [0.5, 0.6) is 0 Å². The third-order valence-corrected chi connectivity index (χ3v) is 6.29. The quantitative estimate of drug-likeness (QED) is 0.680. The fourth-order valence-electron chi connectivity index (χ4n) is 3.19. The van der Waals surface area contributed by atoms with Gasteiger partial charge in [-0.25, -0.2) is 0 Å². The van der Waals surface area contributed by atoms with Gasteiger partial charge in [-0.1, -0.05) is 48.0 Å². The van der Waals surface area contributed by atoms with Gasteiger partial charge in [0.2, 0.25) is 0 Å².